The second-order valence-electron chi connectivity index (χ2n) is 7.27. The highest BCUT2D eigenvalue weighted by Crippen LogP contribution is 2.27. The van der Waals surface area contributed by atoms with Crippen LogP contribution in [0.3, 0.4) is 0 Å². The molecule has 1 aromatic carbocycles. The van der Waals surface area contributed by atoms with Crippen molar-refractivity contribution in [2.45, 2.75) is 18.9 Å². The quantitative estimate of drug-likeness (QED) is 0.544. The Morgan fingerprint density at radius 1 is 0.964 bits per heavy atom. The molecule has 1 aliphatic heterocycles. The SMILES string of the molecule is Fc1ccc(CN2CC[C@H](c3nc4ccc(-c5ccncc5)cn4n3)C2)cc1. The summed E-state index contributed by atoms with van der Waals surface area (Å²) in [5, 5.41) is 4.75. The van der Waals surface area contributed by atoms with Gasteiger partial charge in [0, 0.05) is 43.2 Å². The maximum absolute atomic E-state index is 13.1. The highest BCUT2D eigenvalue weighted by atomic mass is 19.1. The molecule has 5 rings (SSSR count). The molecule has 0 unspecified atom stereocenters. The first-order valence-electron chi connectivity index (χ1n) is 9.48. The van der Waals surface area contributed by atoms with Gasteiger partial charge < -0.3 is 0 Å². The van der Waals surface area contributed by atoms with Crippen LogP contribution in [0, 0.1) is 5.82 Å². The molecule has 1 saturated heterocycles. The molecular formula is C22H20FN5. The molecule has 4 aromatic rings. The molecule has 3 aromatic heterocycles. The molecule has 1 atom stereocenters. The Balaban J connectivity index is 1.33. The summed E-state index contributed by atoms with van der Waals surface area (Å²) in [5.41, 5.74) is 4.20. The molecule has 140 valence electrons. The fourth-order valence-electron chi connectivity index (χ4n) is 3.82. The third-order valence-corrected chi connectivity index (χ3v) is 5.32. The minimum Gasteiger partial charge on any atom is -0.298 e. The number of hydrogen-bond donors (Lipinski definition) is 0. The van der Waals surface area contributed by atoms with Crippen LogP contribution in [0.5, 0.6) is 0 Å². The van der Waals surface area contributed by atoms with E-state index in [1.807, 2.05) is 41.0 Å². The van der Waals surface area contributed by atoms with Gasteiger partial charge in [-0.15, -0.1) is 0 Å². The first kappa shape index (κ1) is 17.0. The second-order valence-corrected chi connectivity index (χ2v) is 7.27. The minimum absolute atomic E-state index is 0.192. The first-order valence-corrected chi connectivity index (χ1v) is 9.48. The second kappa shape index (κ2) is 7.13. The molecule has 5 nitrogen and oxygen atoms in total. The highest BCUT2D eigenvalue weighted by Gasteiger charge is 2.27. The summed E-state index contributed by atoms with van der Waals surface area (Å²) in [6, 6.07) is 14.8. The minimum atomic E-state index is -0.192. The lowest BCUT2D eigenvalue weighted by Gasteiger charge is -2.15. The van der Waals surface area contributed by atoms with E-state index < -0.39 is 0 Å². The molecular weight excluding hydrogens is 353 g/mol. The van der Waals surface area contributed by atoms with Gasteiger partial charge in [0.25, 0.3) is 0 Å². The standard InChI is InChI=1S/C22H20FN5/c23-20-4-1-16(2-5-20)13-27-12-9-19(14-27)22-25-21-6-3-18(15-28(21)26-22)17-7-10-24-11-8-17/h1-8,10-11,15,19H,9,12-14H2/t19-/m0/s1. The van der Waals surface area contributed by atoms with Crippen LogP contribution in [-0.2, 0) is 6.54 Å². The van der Waals surface area contributed by atoms with Crippen LogP contribution < -0.4 is 0 Å². The summed E-state index contributed by atoms with van der Waals surface area (Å²) in [5.74, 6) is 1.03. The summed E-state index contributed by atoms with van der Waals surface area (Å²) in [4.78, 5) is 11.2. The average Bonchev–Trinajstić information content (AvgIpc) is 3.36. The molecule has 0 N–H and O–H groups in total. The Kier molecular flexibility index (Phi) is 4.33. The summed E-state index contributed by atoms with van der Waals surface area (Å²) < 4.78 is 15.0. The van der Waals surface area contributed by atoms with Gasteiger partial charge in [-0.25, -0.2) is 13.9 Å². The first-order chi connectivity index (χ1) is 13.7. The van der Waals surface area contributed by atoms with Gasteiger partial charge in [0.2, 0.25) is 0 Å². The summed E-state index contributed by atoms with van der Waals surface area (Å²) in [6.07, 6.45) is 6.64. The molecule has 0 saturated carbocycles. The Morgan fingerprint density at radius 3 is 2.61 bits per heavy atom. The zero-order valence-electron chi connectivity index (χ0n) is 15.4. The number of fused-ring (bicyclic) bond motifs is 1. The Bertz CT molecular complexity index is 1090. The monoisotopic (exact) mass is 373 g/mol. The van der Waals surface area contributed by atoms with Gasteiger partial charge in [-0.1, -0.05) is 12.1 Å². The van der Waals surface area contributed by atoms with Gasteiger partial charge in [-0.2, -0.15) is 5.10 Å². The van der Waals surface area contributed by atoms with E-state index in [1.165, 1.54) is 12.1 Å². The van der Waals surface area contributed by atoms with Crippen LogP contribution in [-0.4, -0.2) is 37.6 Å². The van der Waals surface area contributed by atoms with Gasteiger partial charge >= 0.3 is 0 Å². The third kappa shape index (κ3) is 3.39. The summed E-state index contributed by atoms with van der Waals surface area (Å²) in [7, 11) is 0. The summed E-state index contributed by atoms with van der Waals surface area (Å²) in [6.45, 7) is 2.75. The third-order valence-electron chi connectivity index (χ3n) is 5.32. The Labute approximate surface area is 162 Å². The van der Waals surface area contributed by atoms with Crippen molar-refractivity contribution in [2.75, 3.05) is 13.1 Å². The average molecular weight is 373 g/mol. The van der Waals surface area contributed by atoms with Gasteiger partial charge in [0.15, 0.2) is 11.5 Å². The Hall–Kier alpha value is -3.12. The lowest BCUT2D eigenvalue weighted by Crippen LogP contribution is -2.20. The predicted octanol–water partition coefficient (Wildman–Crippen LogP) is 3.92. The molecule has 1 fully saturated rings. The predicted molar refractivity (Wildman–Crippen MR) is 105 cm³/mol. The smallest absolute Gasteiger partial charge is 0.156 e. The Morgan fingerprint density at radius 2 is 1.79 bits per heavy atom. The molecule has 0 bridgehead atoms. The normalized spacial score (nSPS) is 17.4. The number of hydrogen-bond acceptors (Lipinski definition) is 4. The van der Waals surface area contributed by atoms with Crippen molar-refractivity contribution in [2.24, 2.45) is 0 Å². The van der Waals surface area contributed by atoms with Crippen LogP contribution in [0.15, 0.2) is 67.1 Å². The van der Waals surface area contributed by atoms with Crippen molar-refractivity contribution in [3.63, 3.8) is 0 Å². The molecule has 4 heterocycles. The molecule has 1 aliphatic rings. The highest BCUT2D eigenvalue weighted by molar-refractivity contribution is 5.63. The number of rotatable bonds is 4. The van der Waals surface area contributed by atoms with E-state index >= 15 is 0 Å². The van der Waals surface area contributed by atoms with Crippen LogP contribution >= 0.6 is 0 Å². The lowest BCUT2D eigenvalue weighted by atomic mass is 10.1. The fourth-order valence-corrected chi connectivity index (χ4v) is 3.82. The number of nitrogens with zero attached hydrogens (tertiary/aromatic N) is 5. The van der Waals surface area contributed by atoms with Crippen LogP contribution in [0.25, 0.3) is 16.8 Å². The number of halogens is 1. The van der Waals surface area contributed by atoms with E-state index in [0.29, 0.717) is 5.92 Å². The van der Waals surface area contributed by atoms with Crippen molar-refractivity contribution in [1.82, 2.24) is 24.5 Å². The van der Waals surface area contributed by atoms with Gasteiger partial charge in [-0.3, -0.25) is 9.88 Å². The van der Waals surface area contributed by atoms with Gasteiger partial charge in [0.05, 0.1) is 0 Å². The molecule has 0 spiro atoms. The van der Waals surface area contributed by atoms with Crippen molar-refractivity contribution in [1.29, 1.82) is 0 Å². The van der Waals surface area contributed by atoms with Crippen molar-refractivity contribution in [3.8, 4) is 11.1 Å². The van der Waals surface area contributed by atoms with E-state index in [9.17, 15) is 4.39 Å². The van der Waals surface area contributed by atoms with Crippen molar-refractivity contribution < 1.29 is 4.39 Å². The molecule has 6 heteroatoms. The van der Waals surface area contributed by atoms with E-state index in [-0.39, 0.29) is 5.82 Å². The molecule has 0 aliphatic carbocycles. The number of benzene rings is 1. The van der Waals surface area contributed by atoms with Crippen LogP contribution in [0.2, 0.25) is 0 Å². The number of aromatic nitrogens is 4. The van der Waals surface area contributed by atoms with E-state index in [0.717, 1.165) is 54.2 Å². The number of likely N-dealkylation sites (tertiary alicyclic amines) is 1. The van der Waals surface area contributed by atoms with Crippen molar-refractivity contribution >= 4 is 5.65 Å². The zero-order valence-corrected chi connectivity index (χ0v) is 15.4. The topological polar surface area (TPSA) is 46.3 Å². The molecule has 0 radical (unpaired) electrons. The largest absolute Gasteiger partial charge is 0.298 e. The lowest BCUT2D eigenvalue weighted by molar-refractivity contribution is 0.325. The van der Waals surface area contributed by atoms with Gasteiger partial charge in [0.1, 0.15) is 5.82 Å². The zero-order chi connectivity index (χ0) is 18.9. The fraction of sp³-hybridized carbons (Fsp3) is 0.227. The summed E-state index contributed by atoms with van der Waals surface area (Å²) >= 11 is 0. The van der Waals surface area contributed by atoms with Gasteiger partial charge in [-0.05, 0) is 60.5 Å². The maximum Gasteiger partial charge on any atom is 0.156 e. The molecule has 0 amide bonds. The molecule has 28 heavy (non-hydrogen) atoms. The van der Waals surface area contributed by atoms with Crippen molar-refractivity contribution in [3.05, 3.63) is 84.3 Å². The maximum atomic E-state index is 13.1. The van der Waals surface area contributed by atoms with Crippen LogP contribution in [0.1, 0.15) is 23.7 Å². The number of pyridine rings is 2. The van der Waals surface area contributed by atoms with Crippen LogP contribution in [0.4, 0.5) is 4.39 Å². The van der Waals surface area contributed by atoms with E-state index in [2.05, 4.69) is 16.0 Å². The van der Waals surface area contributed by atoms with E-state index in [1.54, 1.807) is 12.4 Å². The van der Waals surface area contributed by atoms with E-state index in [4.69, 9.17) is 10.1 Å².